The summed E-state index contributed by atoms with van der Waals surface area (Å²) >= 11 is 0. The van der Waals surface area contributed by atoms with Crippen LogP contribution in [0.3, 0.4) is 0 Å². The standard InChI is InChI=1S/C15H14N4O/c1-11-2-4-12(5-3-11)10-20-14-8-6-13(7-9-14)15-16-18-19-17-15/h2-9H,10H2,1H3,(H,16,17,18,19). The molecule has 20 heavy (non-hydrogen) atoms. The van der Waals surface area contributed by atoms with Crippen molar-refractivity contribution in [1.29, 1.82) is 0 Å². The third kappa shape index (κ3) is 2.83. The molecular formula is C15H14N4O. The van der Waals surface area contributed by atoms with Gasteiger partial charge in [0.2, 0.25) is 5.82 Å². The lowest BCUT2D eigenvalue weighted by Gasteiger charge is -2.06. The van der Waals surface area contributed by atoms with Crippen LogP contribution in [0, 0.1) is 6.92 Å². The Balaban J connectivity index is 1.65. The number of nitrogens with one attached hydrogen (secondary N) is 1. The molecule has 1 aromatic heterocycles. The second kappa shape index (κ2) is 5.52. The normalized spacial score (nSPS) is 10.4. The molecule has 0 unspecified atom stereocenters. The highest BCUT2D eigenvalue weighted by molar-refractivity contribution is 5.54. The number of ether oxygens (including phenoxy) is 1. The predicted octanol–water partition coefficient (Wildman–Crippen LogP) is 2.75. The number of aromatic amines is 1. The van der Waals surface area contributed by atoms with E-state index in [0.717, 1.165) is 16.9 Å². The second-order valence-electron chi connectivity index (χ2n) is 4.53. The Bertz CT molecular complexity index is 660. The van der Waals surface area contributed by atoms with Gasteiger partial charge in [0, 0.05) is 5.56 Å². The summed E-state index contributed by atoms with van der Waals surface area (Å²) in [5, 5.41) is 13.8. The second-order valence-corrected chi connectivity index (χ2v) is 4.53. The van der Waals surface area contributed by atoms with Gasteiger partial charge in [0.1, 0.15) is 12.4 Å². The lowest BCUT2D eigenvalue weighted by Crippen LogP contribution is -1.95. The Morgan fingerprint density at radius 3 is 2.40 bits per heavy atom. The molecule has 0 atom stereocenters. The molecule has 0 saturated heterocycles. The van der Waals surface area contributed by atoms with Crippen LogP contribution < -0.4 is 4.74 Å². The fourth-order valence-electron chi connectivity index (χ4n) is 1.84. The number of hydrogen-bond donors (Lipinski definition) is 1. The molecule has 1 N–H and O–H groups in total. The monoisotopic (exact) mass is 266 g/mol. The molecule has 5 heteroatoms. The lowest BCUT2D eigenvalue weighted by molar-refractivity contribution is 0.306. The largest absolute Gasteiger partial charge is 0.489 e. The van der Waals surface area contributed by atoms with Gasteiger partial charge in [0.15, 0.2) is 0 Å². The molecule has 0 spiro atoms. The van der Waals surface area contributed by atoms with Gasteiger partial charge in [-0.05, 0) is 42.0 Å². The molecule has 5 nitrogen and oxygen atoms in total. The number of rotatable bonds is 4. The number of tetrazole rings is 1. The van der Waals surface area contributed by atoms with E-state index in [0.29, 0.717) is 12.4 Å². The van der Waals surface area contributed by atoms with Crippen LogP contribution in [0.1, 0.15) is 11.1 Å². The fourth-order valence-corrected chi connectivity index (χ4v) is 1.84. The molecule has 0 fully saturated rings. The molecule has 3 aromatic rings. The smallest absolute Gasteiger partial charge is 0.204 e. The third-order valence-corrected chi connectivity index (χ3v) is 2.98. The van der Waals surface area contributed by atoms with Crippen molar-refractivity contribution in [3.63, 3.8) is 0 Å². The first kappa shape index (κ1) is 12.3. The van der Waals surface area contributed by atoms with Crippen molar-refractivity contribution in [3.05, 3.63) is 59.7 Å². The van der Waals surface area contributed by atoms with E-state index in [1.54, 1.807) is 0 Å². The van der Waals surface area contributed by atoms with Crippen LogP contribution in [0.4, 0.5) is 0 Å². The molecule has 1 heterocycles. The highest BCUT2D eigenvalue weighted by atomic mass is 16.5. The van der Waals surface area contributed by atoms with Gasteiger partial charge in [-0.15, -0.1) is 10.2 Å². The molecule has 0 aliphatic rings. The molecular weight excluding hydrogens is 252 g/mol. The average molecular weight is 266 g/mol. The van der Waals surface area contributed by atoms with Gasteiger partial charge >= 0.3 is 0 Å². The molecule has 100 valence electrons. The van der Waals surface area contributed by atoms with Crippen LogP contribution in [-0.2, 0) is 6.61 Å². The van der Waals surface area contributed by atoms with Crippen LogP contribution in [0.2, 0.25) is 0 Å². The number of benzene rings is 2. The van der Waals surface area contributed by atoms with Gasteiger partial charge in [-0.3, -0.25) is 0 Å². The van der Waals surface area contributed by atoms with Crippen LogP contribution in [0.5, 0.6) is 5.75 Å². The number of aromatic nitrogens is 4. The van der Waals surface area contributed by atoms with E-state index < -0.39 is 0 Å². The zero-order valence-electron chi connectivity index (χ0n) is 11.1. The van der Waals surface area contributed by atoms with E-state index in [-0.39, 0.29) is 0 Å². The van der Waals surface area contributed by atoms with Crippen LogP contribution in [-0.4, -0.2) is 20.6 Å². The predicted molar refractivity (Wildman–Crippen MR) is 75.1 cm³/mol. The Morgan fingerprint density at radius 1 is 1.00 bits per heavy atom. The topological polar surface area (TPSA) is 63.7 Å². The maximum Gasteiger partial charge on any atom is 0.204 e. The summed E-state index contributed by atoms with van der Waals surface area (Å²) in [6.07, 6.45) is 0. The third-order valence-electron chi connectivity index (χ3n) is 2.98. The van der Waals surface area contributed by atoms with Crippen molar-refractivity contribution >= 4 is 0 Å². The van der Waals surface area contributed by atoms with Crippen molar-refractivity contribution in [2.75, 3.05) is 0 Å². The van der Waals surface area contributed by atoms with Gasteiger partial charge < -0.3 is 4.74 Å². The zero-order chi connectivity index (χ0) is 13.8. The Labute approximate surface area is 116 Å². The van der Waals surface area contributed by atoms with E-state index >= 15 is 0 Å². The maximum absolute atomic E-state index is 5.74. The van der Waals surface area contributed by atoms with Crippen molar-refractivity contribution in [3.8, 4) is 17.1 Å². The van der Waals surface area contributed by atoms with E-state index in [2.05, 4.69) is 51.8 Å². The number of aryl methyl sites for hydroxylation is 1. The fraction of sp³-hybridized carbons (Fsp3) is 0.133. The number of hydrogen-bond acceptors (Lipinski definition) is 4. The van der Waals surface area contributed by atoms with Crippen molar-refractivity contribution in [1.82, 2.24) is 20.6 Å². The van der Waals surface area contributed by atoms with Crippen molar-refractivity contribution in [2.45, 2.75) is 13.5 Å². The summed E-state index contributed by atoms with van der Waals surface area (Å²) in [6.45, 7) is 2.63. The SMILES string of the molecule is Cc1ccc(COc2ccc(-c3nn[nH]n3)cc2)cc1. The molecule has 0 aliphatic heterocycles. The summed E-state index contributed by atoms with van der Waals surface area (Å²) in [5.74, 6) is 1.40. The van der Waals surface area contributed by atoms with E-state index in [9.17, 15) is 0 Å². The minimum absolute atomic E-state index is 0.557. The van der Waals surface area contributed by atoms with Gasteiger partial charge in [-0.25, -0.2) is 0 Å². The Morgan fingerprint density at radius 2 is 1.75 bits per heavy atom. The molecule has 0 bridgehead atoms. The molecule has 0 aliphatic carbocycles. The maximum atomic E-state index is 5.74. The number of H-pyrrole nitrogens is 1. The Kier molecular flexibility index (Phi) is 3.41. The van der Waals surface area contributed by atoms with Crippen LogP contribution >= 0.6 is 0 Å². The minimum Gasteiger partial charge on any atom is -0.489 e. The van der Waals surface area contributed by atoms with Crippen LogP contribution in [0.15, 0.2) is 48.5 Å². The quantitative estimate of drug-likeness (QED) is 0.788. The van der Waals surface area contributed by atoms with Gasteiger partial charge in [0.25, 0.3) is 0 Å². The molecule has 0 amide bonds. The summed E-state index contributed by atoms with van der Waals surface area (Å²) in [7, 11) is 0. The van der Waals surface area contributed by atoms with Gasteiger partial charge in [0.05, 0.1) is 0 Å². The Hall–Kier alpha value is -2.69. The summed E-state index contributed by atoms with van der Waals surface area (Å²) in [4.78, 5) is 0. The summed E-state index contributed by atoms with van der Waals surface area (Å²) in [5.41, 5.74) is 3.30. The van der Waals surface area contributed by atoms with Gasteiger partial charge in [-0.2, -0.15) is 5.21 Å². The van der Waals surface area contributed by atoms with Crippen molar-refractivity contribution < 1.29 is 4.74 Å². The van der Waals surface area contributed by atoms with Crippen LogP contribution in [0.25, 0.3) is 11.4 Å². The first-order valence-corrected chi connectivity index (χ1v) is 6.33. The highest BCUT2D eigenvalue weighted by Gasteiger charge is 2.02. The van der Waals surface area contributed by atoms with Gasteiger partial charge in [-0.1, -0.05) is 29.8 Å². The molecule has 3 rings (SSSR count). The highest BCUT2D eigenvalue weighted by Crippen LogP contribution is 2.19. The lowest BCUT2D eigenvalue weighted by atomic mass is 10.2. The summed E-state index contributed by atoms with van der Waals surface area (Å²) < 4.78 is 5.74. The number of nitrogens with zero attached hydrogens (tertiary/aromatic N) is 3. The molecule has 0 saturated carbocycles. The molecule has 0 radical (unpaired) electrons. The van der Waals surface area contributed by atoms with E-state index in [4.69, 9.17) is 4.74 Å². The molecule has 2 aromatic carbocycles. The zero-order valence-corrected chi connectivity index (χ0v) is 11.1. The first-order valence-electron chi connectivity index (χ1n) is 6.33. The van der Waals surface area contributed by atoms with E-state index in [1.165, 1.54) is 5.56 Å². The summed E-state index contributed by atoms with van der Waals surface area (Å²) in [6, 6.07) is 15.9. The average Bonchev–Trinajstić information content (AvgIpc) is 3.01. The van der Waals surface area contributed by atoms with E-state index in [1.807, 2.05) is 24.3 Å². The first-order chi connectivity index (χ1) is 9.81. The minimum atomic E-state index is 0.557. The van der Waals surface area contributed by atoms with Crippen molar-refractivity contribution in [2.24, 2.45) is 0 Å².